The van der Waals surface area contributed by atoms with Gasteiger partial charge < -0.3 is 20.3 Å². The van der Waals surface area contributed by atoms with Crippen LogP contribution in [0.15, 0.2) is 30.3 Å². The van der Waals surface area contributed by atoms with Gasteiger partial charge in [0.25, 0.3) is 0 Å². The number of rotatable bonds is 8. The van der Waals surface area contributed by atoms with E-state index in [0.717, 1.165) is 5.56 Å². The van der Waals surface area contributed by atoms with Crippen molar-refractivity contribution >= 4 is 0 Å². The Labute approximate surface area is 115 Å². The Bertz CT molecular complexity index is 363. The second kappa shape index (κ2) is 7.01. The molecule has 0 saturated heterocycles. The number of hydrogen-bond acceptors (Lipinski definition) is 4. The lowest BCUT2D eigenvalue weighted by atomic mass is 9.95. The first-order valence-corrected chi connectivity index (χ1v) is 6.57. The standard InChI is InChI=1S/C15H25NO3/c1-14(17,9-10-19-3)11-16-12-15(2,18)13-7-5-4-6-8-13/h4-8,16-18H,9-12H2,1-3H3. The largest absolute Gasteiger partial charge is 0.389 e. The summed E-state index contributed by atoms with van der Waals surface area (Å²) >= 11 is 0. The second-order valence-electron chi connectivity index (χ2n) is 5.48. The average Bonchev–Trinajstić information content (AvgIpc) is 2.37. The molecule has 3 N–H and O–H groups in total. The Balaban J connectivity index is 2.44. The van der Waals surface area contributed by atoms with Crippen molar-refractivity contribution < 1.29 is 14.9 Å². The smallest absolute Gasteiger partial charge is 0.0992 e. The van der Waals surface area contributed by atoms with Crippen LogP contribution in [0.4, 0.5) is 0 Å². The summed E-state index contributed by atoms with van der Waals surface area (Å²) < 4.78 is 4.96. The molecule has 4 nitrogen and oxygen atoms in total. The van der Waals surface area contributed by atoms with Gasteiger partial charge in [-0.15, -0.1) is 0 Å². The van der Waals surface area contributed by atoms with E-state index >= 15 is 0 Å². The first-order chi connectivity index (χ1) is 8.87. The van der Waals surface area contributed by atoms with E-state index < -0.39 is 11.2 Å². The Hall–Kier alpha value is -0.940. The fourth-order valence-corrected chi connectivity index (χ4v) is 1.88. The predicted octanol–water partition coefficient (Wildman–Crippen LogP) is 1.27. The molecule has 0 heterocycles. The average molecular weight is 267 g/mol. The Morgan fingerprint density at radius 1 is 1.11 bits per heavy atom. The number of hydrogen-bond donors (Lipinski definition) is 3. The third-order valence-electron chi connectivity index (χ3n) is 3.22. The van der Waals surface area contributed by atoms with Gasteiger partial charge in [-0.2, -0.15) is 0 Å². The van der Waals surface area contributed by atoms with E-state index in [4.69, 9.17) is 4.74 Å². The van der Waals surface area contributed by atoms with Crippen LogP contribution >= 0.6 is 0 Å². The summed E-state index contributed by atoms with van der Waals surface area (Å²) in [5.41, 5.74) is -0.916. The molecule has 2 unspecified atom stereocenters. The van der Waals surface area contributed by atoms with Crippen molar-refractivity contribution in [3.8, 4) is 0 Å². The molecule has 1 aromatic carbocycles. The first-order valence-electron chi connectivity index (χ1n) is 6.57. The molecule has 108 valence electrons. The van der Waals surface area contributed by atoms with Gasteiger partial charge in [0.15, 0.2) is 0 Å². The maximum Gasteiger partial charge on any atom is 0.0992 e. The summed E-state index contributed by atoms with van der Waals surface area (Å²) in [7, 11) is 1.61. The minimum Gasteiger partial charge on any atom is -0.389 e. The molecule has 0 spiro atoms. The molecule has 0 aliphatic heterocycles. The molecule has 4 heteroatoms. The molecule has 0 fully saturated rings. The molecule has 2 atom stereocenters. The molecule has 1 aromatic rings. The van der Waals surface area contributed by atoms with E-state index in [1.54, 1.807) is 21.0 Å². The maximum absolute atomic E-state index is 10.4. The van der Waals surface area contributed by atoms with Crippen molar-refractivity contribution in [3.63, 3.8) is 0 Å². The maximum atomic E-state index is 10.4. The summed E-state index contributed by atoms with van der Waals surface area (Å²) in [6.45, 7) is 4.85. The summed E-state index contributed by atoms with van der Waals surface area (Å²) in [4.78, 5) is 0. The Morgan fingerprint density at radius 2 is 1.74 bits per heavy atom. The van der Waals surface area contributed by atoms with Gasteiger partial charge in [0.05, 0.1) is 11.2 Å². The van der Waals surface area contributed by atoms with E-state index in [-0.39, 0.29) is 0 Å². The van der Waals surface area contributed by atoms with Crippen molar-refractivity contribution in [1.82, 2.24) is 5.32 Å². The minimum absolute atomic E-state index is 0.389. The Morgan fingerprint density at radius 3 is 2.32 bits per heavy atom. The van der Waals surface area contributed by atoms with Crippen LogP contribution in [0, 0.1) is 0 Å². The number of ether oxygens (including phenoxy) is 1. The molecule has 1 rings (SSSR count). The highest BCUT2D eigenvalue weighted by Gasteiger charge is 2.25. The van der Waals surface area contributed by atoms with Gasteiger partial charge in [-0.3, -0.25) is 0 Å². The van der Waals surface area contributed by atoms with Crippen molar-refractivity contribution in [1.29, 1.82) is 0 Å². The molecule has 0 amide bonds. The van der Waals surface area contributed by atoms with Gasteiger partial charge in [-0.05, 0) is 19.4 Å². The van der Waals surface area contributed by atoms with Crippen molar-refractivity contribution in [3.05, 3.63) is 35.9 Å². The quantitative estimate of drug-likeness (QED) is 0.664. The molecule has 0 radical (unpaired) electrons. The van der Waals surface area contributed by atoms with Crippen molar-refractivity contribution in [2.75, 3.05) is 26.8 Å². The van der Waals surface area contributed by atoms with Crippen LogP contribution in [0.1, 0.15) is 25.8 Å². The van der Waals surface area contributed by atoms with E-state index in [9.17, 15) is 10.2 Å². The lowest BCUT2D eigenvalue weighted by Crippen LogP contribution is -2.44. The SMILES string of the molecule is COCCC(C)(O)CNCC(C)(O)c1ccccc1. The zero-order chi connectivity index (χ0) is 14.4. The molecule has 0 saturated carbocycles. The van der Waals surface area contributed by atoms with Gasteiger partial charge in [0.1, 0.15) is 0 Å². The van der Waals surface area contributed by atoms with Crippen LogP contribution in [0.25, 0.3) is 0 Å². The van der Waals surface area contributed by atoms with Crippen LogP contribution in [-0.4, -0.2) is 42.6 Å². The number of aliphatic hydroxyl groups is 2. The summed E-state index contributed by atoms with van der Waals surface area (Å²) in [6.07, 6.45) is 0.560. The van der Waals surface area contributed by atoms with Crippen LogP contribution in [0.2, 0.25) is 0 Å². The third-order valence-corrected chi connectivity index (χ3v) is 3.22. The summed E-state index contributed by atoms with van der Waals surface area (Å²) in [6, 6.07) is 9.51. The minimum atomic E-state index is -0.946. The predicted molar refractivity (Wildman–Crippen MR) is 76.0 cm³/mol. The van der Waals surface area contributed by atoms with E-state index in [1.807, 2.05) is 30.3 Å². The van der Waals surface area contributed by atoms with Gasteiger partial charge in [-0.1, -0.05) is 30.3 Å². The lowest BCUT2D eigenvalue weighted by Gasteiger charge is -2.28. The normalized spacial score (nSPS) is 17.7. The highest BCUT2D eigenvalue weighted by atomic mass is 16.5. The molecule has 0 bridgehead atoms. The molecule has 19 heavy (non-hydrogen) atoms. The van der Waals surface area contributed by atoms with Crippen molar-refractivity contribution in [2.45, 2.75) is 31.5 Å². The third kappa shape index (κ3) is 5.70. The fraction of sp³-hybridized carbons (Fsp3) is 0.600. The second-order valence-corrected chi connectivity index (χ2v) is 5.48. The van der Waals surface area contributed by atoms with Crippen molar-refractivity contribution in [2.24, 2.45) is 0 Å². The highest BCUT2D eigenvalue weighted by molar-refractivity contribution is 5.21. The highest BCUT2D eigenvalue weighted by Crippen LogP contribution is 2.19. The van der Waals surface area contributed by atoms with E-state index in [1.165, 1.54) is 0 Å². The van der Waals surface area contributed by atoms with Crippen LogP contribution in [-0.2, 0) is 10.3 Å². The molecular formula is C15H25NO3. The van der Waals surface area contributed by atoms with Crippen LogP contribution in [0.5, 0.6) is 0 Å². The van der Waals surface area contributed by atoms with E-state index in [0.29, 0.717) is 26.1 Å². The topological polar surface area (TPSA) is 61.7 Å². The summed E-state index contributed by atoms with van der Waals surface area (Å²) in [5, 5.41) is 23.6. The summed E-state index contributed by atoms with van der Waals surface area (Å²) in [5.74, 6) is 0. The van der Waals surface area contributed by atoms with Gasteiger partial charge >= 0.3 is 0 Å². The van der Waals surface area contributed by atoms with Gasteiger partial charge in [0, 0.05) is 33.2 Å². The molecule has 0 aliphatic rings. The number of methoxy groups -OCH3 is 1. The first kappa shape index (κ1) is 16.1. The van der Waals surface area contributed by atoms with Gasteiger partial charge in [0.2, 0.25) is 0 Å². The van der Waals surface area contributed by atoms with Gasteiger partial charge in [-0.25, -0.2) is 0 Å². The monoisotopic (exact) mass is 267 g/mol. The molecular weight excluding hydrogens is 242 g/mol. The Kier molecular flexibility index (Phi) is 5.94. The zero-order valence-corrected chi connectivity index (χ0v) is 12.0. The zero-order valence-electron chi connectivity index (χ0n) is 12.0. The molecule has 0 aliphatic carbocycles. The fourth-order valence-electron chi connectivity index (χ4n) is 1.88. The lowest BCUT2D eigenvalue weighted by molar-refractivity contribution is 0.0125. The number of nitrogens with one attached hydrogen (secondary N) is 1. The van der Waals surface area contributed by atoms with E-state index in [2.05, 4.69) is 5.32 Å². The van der Waals surface area contributed by atoms with Crippen LogP contribution < -0.4 is 5.32 Å². The van der Waals surface area contributed by atoms with Crippen LogP contribution in [0.3, 0.4) is 0 Å². The molecule has 0 aromatic heterocycles. The number of benzene rings is 1.